The summed E-state index contributed by atoms with van der Waals surface area (Å²) in [6.07, 6.45) is 42.4. The van der Waals surface area contributed by atoms with Gasteiger partial charge in [0.05, 0.1) is 0 Å². The van der Waals surface area contributed by atoms with E-state index in [1.807, 2.05) is 0 Å². The lowest BCUT2D eigenvalue weighted by atomic mass is 10.0. The van der Waals surface area contributed by atoms with Gasteiger partial charge in [0.2, 0.25) is 0 Å². The van der Waals surface area contributed by atoms with Crippen molar-refractivity contribution in [1.29, 1.82) is 0 Å². The van der Waals surface area contributed by atoms with Crippen molar-refractivity contribution in [3.63, 3.8) is 0 Å². The second kappa shape index (κ2) is 43.0. The maximum Gasteiger partial charge on any atom is 0.306 e. The molecule has 0 aromatic heterocycles. The average Bonchev–Trinajstić information content (AvgIpc) is 3.16. The molecule has 0 radical (unpaired) electrons. The van der Waals surface area contributed by atoms with Crippen LogP contribution in [0.5, 0.6) is 0 Å². The van der Waals surface area contributed by atoms with Crippen LogP contribution in [0.15, 0.2) is 0 Å². The summed E-state index contributed by atoms with van der Waals surface area (Å²) in [4.78, 5) is 37.8. The molecule has 0 rings (SSSR count). The number of hydrogen-bond donors (Lipinski definition) is 0. The average molecular weight is 793 g/mol. The number of esters is 3. The quantitative estimate of drug-likeness (QED) is 0.0347. The van der Waals surface area contributed by atoms with Gasteiger partial charge in [0.15, 0.2) is 6.10 Å². The molecule has 1 atom stereocenters. The van der Waals surface area contributed by atoms with E-state index in [0.29, 0.717) is 19.3 Å². The molecule has 0 aliphatic rings. The molecule has 0 aromatic carbocycles. The molecule has 0 amide bonds. The highest BCUT2D eigenvalue weighted by molar-refractivity contribution is 5.71. The predicted molar refractivity (Wildman–Crippen MR) is 238 cm³/mol. The van der Waals surface area contributed by atoms with E-state index in [2.05, 4.69) is 34.6 Å². The maximum absolute atomic E-state index is 12.7. The molecule has 0 unspecified atom stereocenters. The highest BCUT2D eigenvalue weighted by Gasteiger charge is 2.19. The van der Waals surface area contributed by atoms with Gasteiger partial charge in [-0.05, 0) is 31.1 Å². The Bertz CT molecular complexity index is 854. The van der Waals surface area contributed by atoms with Crippen molar-refractivity contribution in [3.05, 3.63) is 0 Å². The number of hydrogen-bond acceptors (Lipinski definition) is 6. The van der Waals surface area contributed by atoms with Crippen molar-refractivity contribution < 1.29 is 28.6 Å². The van der Waals surface area contributed by atoms with E-state index in [1.54, 1.807) is 0 Å². The van der Waals surface area contributed by atoms with Gasteiger partial charge < -0.3 is 14.2 Å². The summed E-state index contributed by atoms with van der Waals surface area (Å²) in [6, 6.07) is 0. The molecule has 0 spiro atoms. The lowest BCUT2D eigenvalue weighted by molar-refractivity contribution is -0.167. The predicted octanol–water partition coefficient (Wildman–Crippen LogP) is 15.8. The van der Waals surface area contributed by atoms with Crippen LogP contribution in [0.3, 0.4) is 0 Å². The van der Waals surface area contributed by atoms with Crippen LogP contribution in [0.25, 0.3) is 0 Å². The Kier molecular flexibility index (Phi) is 41.8. The largest absolute Gasteiger partial charge is 0.462 e. The van der Waals surface area contributed by atoms with Crippen LogP contribution in [0.4, 0.5) is 0 Å². The third-order valence-corrected chi connectivity index (χ3v) is 11.2. The molecule has 6 heteroatoms. The molecule has 0 N–H and O–H groups in total. The zero-order valence-electron chi connectivity index (χ0n) is 38.3. The number of ether oxygens (including phenoxy) is 3. The molecule has 0 aliphatic heterocycles. The summed E-state index contributed by atoms with van der Waals surface area (Å²) in [7, 11) is 0. The van der Waals surface area contributed by atoms with E-state index in [4.69, 9.17) is 14.2 Å². The van der Waals surface area contributed by atoms with E-state index in [0.717, 1.165) is 69.6 Å². The smallest absolute Gasteiger partial charge is 0.306 e. The molecule has 0 bridgehead atoms. The first-order chi connectivity index (χ1) is 27.2. The Morgan fingerprint density at radius 2 is 0.589 bits per heavy atom. The van der Waals surface area contributed by atoms with Gasteiger partial charge >= 0.3 is 17.9 Å². The fourth-order valence-corrected chi connectivity index (χ4v) is 7.46. The van der Waals surface area contributed by atoms with E-state index in [1.165, 1.54) is 161 Å². The normalized spacial score (nSPS) is 12.1. The molecule has 56 heavy (non-hydrogen) atoms. The van der Waals surface area contributed by atoms with Crippen LogP contribution in [-0.2, 0) is 28.6 Å². The minimum Gasteiger partial charge on any atom is -0.462 e. The zero-order valence-corrected chi connectivity index (χ0v) is 38.3. The van der Waals surface area contributed by atoms with Gasteiger partial charge in [0.25, 0.3) is 0 Å². The van der Waals surface area contributed by atoms with Crippen molar-refractivity contribution >= 4 is 17.9 Å². The third kappa shape index (κ3) is 43.5. The Morgan fingerprint density at radius 3 is 0.875 bits per heavy atom. The van der Waals surface area contributed by atoms with E-state index < -0.39 is 6.10 Å². The van der Waals surface area contributed by atoms with Gasteiger partial charge in [-0.2, -0.15) is 0 Å². The van der Waals surface area contributed by atoms with Crippen molar-refractivity contribution in [2.45, 2.75) is 278 Å². The molecular formula is C50H96O6. The molecule has 332 valence electrons. The monoisotopic (exact) mass is 793 g/mol. The Hall–Kier alpha value is -1.59. The summed E-state index contributed by atoms with van der Waals surface area (Å²) in [5.74, 6) is 0.736. The van der Waals surface area contributed by atoms with Gasteiger partial charge in [-0.3, -0.25) is 14.4 Å². The summed E-state index contributed by atoms with van der Waals surface area (Å²) in [5, 5.41) is 0. The summed E-state index contributed by atoms with van der Waals surface area (Å²) < 4.78 is 16.7. The van der Waals surface area contributed by atoms with Crippen LogP contribution >= 0.6 is 0 Å². The lowest BCUT2D eigenvalue weighted by Gasteiger charge is -2.18. The molecule has 0 saturated carbocycles. The van der Waals surface area contributed by atoms with Gasteiger partial charge in [-0.15, -0.1) is 0 Å². The number of carbonyl (C=O) groups is 3. The maximum atomic E-state index is 12.7. The second-order valence-corrected chi connectivity index (χ2v) is 18.1. The molecule has 0 heterocycles. The first kappa shape index (κ1) is 54.4. The van der Waals surface area contributed by atoms with Crippen molar-refractivity contribution in [1.82, 2.24) is 0 Å². The van der Waals surface area contributed by atoms with Gasteiger partial charge in [0, 0.05) is 19.3 Å². The van der Waals surface area contributed by atoms with Gasteiger partial charge in [-0.1, -0.05) is 234 Å². The molecule has 0 aliphatic carbocycles. The fourth-order valence-electron chi connectivity index (χ4n) is 7.46. The highest BCUT2D eigenvalue weighted by atomic mass is 16.6. The number of unbranched alkanes of at least 4 members (excludes halogenated alkanes) is 29. The summed E-state index contributed by atoms with van der Waals surface area (Å²) in [5.41, 5.74) is 0. The summed E-state index contributed by atoms with van der Waals surface area (Å²) >= 11 is 0. The van der Waals surface area contributed by atoms with Crippen LogP contribution in [0.1, 0.15) is 272 Å². The zero-order chi connectivity index (χ0) is 41.2. The SMILES string of the molecule is CCCCCCCCCCCCCCCCC(=O)OC[C@@H](COC(=O)CCCCCCCCCCCCCCC(C)C)OC(=O)CCCCCCCCC(C)C. The van der Waals surface area contributed by atoms with Gasteiger partial charge in [-0.25, -0.2) is 0 Å². The van der Waals surface area contributed by atoms with Crippen LogP contribution in [0.2, 0.25) is 0 Å². The second-order valence-electron chi connectivity index (χ2n) is 18.1. The standard InChI is InChI=1S/C50H96O6/c1-6-7-8-9-10-11-12-13-14-18-21-24-30-35-40-48(51)54-43-47(56-50(53)42-37-32-27-26-29-34-39-46(4)5)44-55-49(52)41-36-31-25-22-19-16-15-17-20-23-28-33-38-45(2)3/h45-47H,6-44H2,1-5H3/t47-/m0/s1. The summed E-state index contributed by atoms with van der Waals surface area (Å²) in [6.45, 7) is 11.3. The minimum absolute atomic E-state index is 0.0650. The lowest BCUT2D eigenvalue weighted by Crippen LogP contribution is -2.30. The van der Waals surface area contributed by atoms with Crippen LogP contribution < -0.4 is 0 Å². The highest BCUT2D eigenvalue weighted by Crippen LogP contribution is 2.17. The Morgan fingerprint density at radius 1 is 0.339 bits per heavy atom. The van der Waals surface area contributed by atoms with E-state index in [9.17, 15) is 14.4 Å². The fraction of sp³-hybridized carbons (Fsp3) is 0.940. The molecule has 6 nitrogen and oxygen atoms in total. The molecule has 0 fully saturated rings. The minimum atomic E-state index is -0.761. The molecule has 0 aromatic rings. The first-order valence-corrected chi connectivity index (χ1v) is 24.7. The van der Waals surface area contributed by atoms with Gasteiger partial charge in [0.1, 0.15) is 13.2 Å². The number of carbonyl (C=O) groups excluding carboxylic acids is 3. The molecule has 0 saturated heterocycles. The number of rotatable bonds is 44. The van der Waals surface area contributed by atoms with Crippen molar-refractivity contribution in [3.8, 4) is 0 Å². The molecular weight excluding hydrogens is 697 g/mol. The van der Waals surface area contributed by atoms with E-state index >= 15 is 0 Å². The van der Waals surface area contributed by atoms with Crippen LogP contribution in [0, 0.1) is 11.8 Å². The van der Waals surface area contributed by atoms with Crippen LogP contribution in [-0.4, -0.2) is 37.2 Å². The third-order valence-electron chi connectivity index (χ3n) is 11.2. The van der Waals surface area contributed by atoms with Crippen molar-refractivity contribution in [2.75, 3.05) is 13.2 Å². The first-order valence-electron chi connectivity index (χ1n) is 24.7. The Labute approximate surface area is 348 Å². The topological polar surface area (TPSA) is 78.9 Å². The Balaban J connectivity index is 4.26. The van der Waals surface area contributed by atoms with E-state index in [-0.39, 0.29) is 31.1 Å². The van der Waals surface area contributed by atoms with Crippen molar-refractivity contribution in [2.24, 2.45) is 11.8 Å².